The molecule has 3 aromatic rings. The van der Waals surface area contributed by atoms with Crippen LogP contribution in [0.3, 0.4) is 0 Å². The number of fused-ring (bicyclic) bond motifs is 2. The summed E-state index contributed by atoms with van der Waals surface area (Å²) in [5, 5.41) is 3.09. The van der Waals surface area contributed by atoms with Gasteiger partial charge in [-0.1, -0.05) is 29.8 Å². The Balaban J connectivity index is 1.70. The Morgan fingerprint density at radius 3 is 2.44 bits per heavy atom. The van der Waals surface area contributed by atoms with Crippen molar-refractivity contribution < 1.29 is 14.2 Å². The van der Waals surface area contributed by atoms with Gasteiger partial charge in [-0.25, -0.2) is 0 Å². The van der Waals surface area contributed by atoms with Crippen molar-refractivity contribution >= 4 is 17.5 Å². The van der Waals surface area contributed by atoms with Gasteiger partial charge < -0.3 is 19.1 Å². The molecule has 6 heteroatoms. The molecule has 34 heavy (non-hydrogen) atoms. The molecule has 6 nitrogen and oxygen atoms in total. The summed E-state index contributed by atoms with van der Waals surface area (Å²) in [6.07, 6.45) is 4.09. The standard InChI is InChI=1S/C28H28N2O4/c1-18-6-8-19(9-7-18)17-30-24-11-10-22(32-4)16-23(24)27(2,3)28(30)13-12-20-14-21(29-31)15-25(33-5)26(20)34-28/h6-16H,17H2,1-5H3. The molecule has 174 valence electrons. The van der Waals surface area contributed by atoms with Gasteiger partial charge in [0.1, 0.15) is 11.4 Å². The van der Waals surface area contributed by atoms with Gasteiger partial charge in [0.2, 0.25) is 5.72 Å². The van der Waals surface area contributed by atoms with E-state index in [0.29, 0.717) is 23.7 Å². The molecule has 0 saturated carbocycles. The first-order valence-electron chi connectivity index (χ1n) is 11.3. The highest BCUT2D eigenvalue weighted by molar-refractivity contribution is 5.76. The number of nitrogens with zero attached hydrogens (tertiary/aromatic N) is 2. The lowest BCUT2D eigenvalue weighted by molar-refractivity contribution is 0.0493. The van der Waals surface area contributed by atoms with Crippen molar-refractivity contribution in [3.05, 3.63) is 87.8 Å². The van der Waals surface area contributed by atoms with Crippen molar-refractivity contribution in [3.8, 4) is 17.2 Å². The Hall–Kier alpha value is -3.80. The van der Waals surface area contributed by atoms with E-state index in [1.54, 1.807) is 26.4 Å². The maximum Gasteiger partial charge on any atom is 0.212 e. The molecule has 1 spiro atoms. The largest absolute Gasteiger partial charge is 0.497 e. The molecule has 0 aliphatic carbocycles. The Kier molecular flexibility index (Phi) is 5.12. The third-order valence-corrected chi connectivity index (χ3v) is 7.07. The Morgan fingerprint density at radius 2 is 1.76 bits per heavy atom. The summed E-state index contributed by atoms with van der Waals surface area (Å²) < 4.78 is 18.1. The maximum absolute atomic E-state index is 11.2. The zero-order valence-electron chi connectivity index (χ0n) is 20.1. The first-order valence-corrected chi connectivity index (χ1v) is 11.3. The van der Waals surface area contributed by atoms with Crippen molar-refractivity contribution in [3.63, 3.8) is 0 Å². The van der Waals surface area contributed by atoms with Crippen molar-refractivity contribution in [1.29, 1.82) is 0 Å². The van der Waals surface area contributed by atoms with Crippen molar-refractivity contribution in [2.45, 2.75) is 38.5 Å². The van der Waals surface area contributed by atoms with Crippen LogP contribution in [0.1, 0.15) is 36.1 Å². The van der Waals surface area contributed by atoms with Crippen LogP contribution in [0.15, 0.2) is 65.9 Å². The van der Waals surface area contributed by atoms with Gasteiger partial charge in [0, 0.05) is 23.9 Å². The van der Waals surface area contributed by atoms with E-state index in [1.165, 1.54) is 11.1 Å². The third kappa shape index (κ3) is 3.16. The fraction of sp³-hybridized carbons (Fsp3) is 0.286. The predicted molar refractivity (Wildman–Crippen MR) is 134 cm³/mol. The number of ether oxygens (including phenoxy) is 3. The summed E-state index contributed by atoms with van der Waals surface area (Å²) in [6, 6.07) is 18.1. The average Bonchev–Trinajstić information content (AvgIpc) is 3.02. The fourth-order valence-electron chi connectivity index (χ4n) is 5.09. The molecule has 3 aromatic carbocycles. The Bertz CT molecular complexity index is 1300. The van der Waals surface area contributed by atoms with Gasteiger partial charge in [-0.05, 0) is 73.5 Å². The molecule has 5 rings (SSSR count). The average molecular weight is 457 g/mol. The molecule has 1 unspecified atom stereocenters. The van der Waals surface area contributed by atoms with E-state index >= 15 is 0 Å². The van der Waals surface area contributed by atoms with Gasteiger partial charge in [-0.3, -0.25) is 0 Å². The van der Waals surface area contributed by atoms with Gasteiger partial charge in [0.05, 0.1) is 19.6 Å². The van der Waals surface area contributed by atoms with Gasteiger partial charge in [0.25, 0.3) is 0 Å². The zero-order chi connectivity index (χ0) is 24.1. The van der Waals surface area contributed by atoms with Crippen LogP contribution in [0.5, 0.6) is 17.2 Å². The van der Waals surface area contributed by atoms with E-state index in [1.807, 2.05) is 12.1 Å². The topological polar surface area (TPSA) is 60.4 Å². The molecule has 2 aliphatic rings. The smallest absolute Gasteiger partial charge is 0.212 e. The lowest BCUT2D eigenvalue weighted by atomic mass is 9.76. The lowest BCUT2D eigenvalue weighted by Gasteiger charge is -2.47. The van der Waals surface area contributed by atoms with Gasteiger partial charge in [-0.2, -0.15) is 0 Å². The maximum atomic E-state index is 11.2. The first-order chi connectivity index (χ1) is 16.3. The van der Waals surface area contributed by atoms with E-state index in [4.69, 9.17) is 14.2 Å². The quantitative estimate of drug-likeness (QED) is 0.410. The van der Waals surface area contributed by atoms with Crippen molar-refractivity contribution in [2.24, 2.45) is 5.18 Å². The number of anilines is 1. The molecule has 1 atom stereocenters. The van der Waals surface area contributed by atoms with E-state index in [2.05, 4.69) is 73.3 Å². The van der Waals surface area contributed by atoms with Crippen LogP contribution in [-0.4, -0.2) is 19.9 Å². The number of aryl methyl sites for hydroxylation is 1. The SMILES string of the molecule is COc1ccc2c(c1)C(C)(C)C1(C=Cc3cc(N=O)cc(OC)c3O1)N2Cc1ccc(C)cc1. The van der Waals surface area contributed by atoms with Crippen molar-refractivity contribution in [2.75, 3.05) is 19.1 Å². The zero-order valence-corrected chi connectivity index (χ0v) is 20.1. The van der Waals surface area contributed by atoms with Crippen LogP contribution in [0.25, 0.3) is 6.08 Å². The predicted octanol–water partition coefficient (Wildman–Crippen LogP) is 6.51. The van der Waals surface area contributed by atoms with Crippen molar-refractivity contribution in [1.82, 2.24) is 0 Å². The molecular formula is C28H28N2O4. The molecule has 0 radical (unpaired) electrons. The molecule has 0 N–H and O–H groups in total. The van der Waals surface area contributed by atoms with E-state index in [0.717, 1.165) is 22.6 Å². The van der Waals surface area contributed by atoms with Crippen LogP contribution in [0.4, 0.5) is 11.4 Å². The molecule has 0 fully saturated rings. The fourth-order valence-corrected chi connectivity index (χ4v) is 5.09. The highest BCUT2D eigenvalue weighted by atomic mass is 16.5. The highest BCUT2D eigenvalue weighted by Crippen LogP contribution is 2.57. The number of benzene rings is 3. The van der Waals surface area contributed by atoms with Crippen LogP contribution < -0.4 is 19.1 Å². The van der Waals surface area contributed by atoms with Crippen LogP contribution >= 0.6 is 0 Å². The summed E-state index contributed by atoms with van der Waals surface area (Å²) in [6.45, 7) is 7.11. The Labute approximate surface area is 199 Å². The highest BCUT2D eigenvalue weighted by Gasteiger charge is 2.59. The number of hydrogen-bond donors (Lipinski definition) is 0. The summed E-state index contributed by atoms with van der Waals surface area (Å²) >= 11 is 0. The normalized spacial score (nSPS) is 19.4. The molecule has 0 saturated heterocycles. The van der Waals surface area contributed by atoms with E-state index < -0.39 is 11.1 Å². The van der Waals surface area contributed by atoms with Gasteiger partial charge in [-0.15, -0.1) is 4.91 Å². The lowest BCUT2D eigenvalue weighted by Crippen LogP contribution is -2.59. The monoisotopic (exact) mass is 456 g/mol. The van der Waals surface area contributed by atoms with Crippen LogP contribution in [-0.2, 0) is 12.0 Å². The second kappa shape index (κ2) is 7.90. The third-order valence-electron chi connectivity index (χ3n) is 7.07. The second-order valence-corrected chi connectivity index (χ2v) is 9.37. The van der Waals surface area contributed by atoms with Gasteiger partial charge in [0.15, 0.2) is 11.5 Å². The van der Waals surface area contributed by atoms with E-state index in [9.17, 15) is 4.91 Å². The minimum absolute atomic E-state index is 0.301. The molecule has 0 amide bonds. The summed E-state index contributed by atoms with van der Waals surface area (Å²) in [5.41, 5.74) is 4.42. The number of hydrogen-bond acceptors (Lipinski definition) is 6. The Morgan fingerprint density at radius 1 is 1.00 bits per heavy atom. The summed E-state index contributed by atoms with van der Waals surface area (Å²) in [5.74, 6) is 1.88. The number of methoxy groups -OCH3 is 2. The molecular weight excluding hydrogens is 428 g/mol. The number of nitroso groups, excluding NO2 is 1. The van der Waals surface area contributed by atoms with Crippen LogP contribution in [0.2, 0.25) is 0 Å². The van der Waals surface area contributed by atoms with Gasteiger partial charge >= 0.3 is 0 Å². The molecule has 2 aliphatic heterocycles. The van der Waals surface area contributed by atoms with Crippen LogP contribution in [0, 0.1) is 11.8 Å². The first kappa shape index (κ1) is 22.0. The van der Waals surface area contributed by atoms with E-state index in [-0.39, 0.29) is 0 Å². The molecule has 2 heterocycles. The molecule has 0 aromatic heterocycles. The molecule has 0 bridgehead atoms. The number of rotatable bonds is 5. The summed E-state index contributed by atoms with van der Waals surface area (Å²) in [7, 11) is 3.25. The minimum Gasteiger partial charge on any atom is -0.497 e. The summed E-state index contributed by atoms with van der Waals surface area (Å²) in [4.78, 5) is 13.5. The minimum atomic E-state index is -0.830. The second-order valence-electron chi connectivity index (χ2n) is 9.37.